The van der Waals surface area contributed by atoms with Gasteiger partial charge < -0.3 is 9.47 Å². The molecule has 24 heavy (non-hydrogen) atoms. The molecule has 4 heteroatoms. The van der Waals surface area contributed by atoms with E-state index in [9.17, 15) is 4.79 Å². The molecule has 0 radical (unpaired) electrons. The zero-order valence-corrected chi connectivity index (χ0v) is 15.1. The highest BCUT2D eigenvalue weighted by Gasteiger charge is 2.26. The first-order valence-electron chi connectivity index (χ1n) is 8.76. The summed E-state index contributed by atoms with van der Waals surface area (Å²) in [5, 5.41) is 0. The zero-order chi connectivity index (χ0) is 17.3. The Balaban J connectivity index is 1.82. The topological polar surface area (TPSA) is 28.5 Å². The molecule has 1 aliphatic heterocycles. The van der Waals surface area contributed by atoms with Crippen molar-refractivity contribution in [1.29, 1.82) is 0 Å². The Hall–Kier alpha value is -2.07. The van der Waals surface area contributed by atoms with E-state index in [0.29, 0.717) is 6.04 Å². The van der Waals surface area contributed by atoms with Crippen LogP contribution in [0.5, 0.6) is 0 Å². The first kappa shape index (κ1) is 16.8. The van der Waals surface area contributed by atoms with Gasteiger partial charge in [-0.3, -0.25) is 9.69 Å². The van der Waals surface area contributed by atoms with E-state index in [1.165, 1.54) is 0 Å². The number of nitrogens with zero attached hydrogens (tertiary/aromatic N) is 3. The summed E-state index contributed by atoms with van der Waals surface area (Å²) in [6, 6.07) is 12.8. The SMILES string of the molecule is Cc1cc(C(=O)N2CCN(C(C)C)CC2)c(C)n1-c1ccccc1. The minimum atomic E-state index is 0.161. The number of amides is 1. The summed E-state index contributed by atoms with van der Waals surface area (Å²) < 4.78 is 2.16. The third-order valence-electron chi connectivity index (χ3n) is 5.01. The molecule has 0 saturated carbocycles. The van der Waals surface area contributed by atoms with Gasteiger partial charge in [-0.15, -0.1) is 0 Å². The Morgan fingerprint density at radius 1 is 1.00 bits per heavy atom. The van der Waals surface area contributed by atoms with Crippen molar-refractivity contribution < 1.29 is 4.79 Å². The second-order valence-electron chi connectivity index (χ2n) is 6.88. The maximum absolute atomic E-state index is 13.0. The van der Waals surface area contributed by atoms with Crippen LogP contribution in [-0.2, 0) is 0 Å². The Kier molecular flexibility index (Phi) is 4.76. The van der Waals surface area contributed by atoms with Crippen LogP contribution in [0.4, 0.5) is 0 Å². The van der Waals surface area contributed by atoms with Gasteiger partial charge in [0.1, 0.15) is 0 Å². The number of piperazine rings is 1. The Morgan fingerprint density at radius 3 is 2.21 bits per heavy atom. The van der Waals surface area contributed by atoms with Crippen molar-refractivity contribution in [2.24, 2.45) is 0 Å². The maximum atomic E-state index is 13.0. The highest BCUT2D eigenvalue weighted by Crippen LogP contribution is 2.22. The second kappa shape index (κ2) is 6.81. The molecular formula is C20H27N3O. The molecule has 1 saturated heterocycles. The minimum Gasteiger partial charge on any atom is -0.336 e. The average molecular weight is 325 g/mol. The lowest BCUT2D eigenvalue weighted by molar-refractivity contribution is 0.0595. The maximum Gasteiger partial charge on any atom is 0.255 e. The number of carbonyl (C=O) groups is 1. The largest absolute Gasteiger partial charge is 0.336 e. The molecule has 1 fully saturated rings. The van der Waals surface area contributed by atoms with Gasteiger partial charge in [-0.25, -0.2) is 0 Å². The number of rotatable bonds is 3. The molecule has 1 amide bonds. The molecule has 3 rings (SSSR count). The molecule has 0 aliphatic carbocycles. The summed E-state index contributed by atoms with van der Waals surface area (Å²) >= 11 is 0. The average Bonchev–Trinajstić information content (AvgIpc) is 2.89. The fourth-order valence-electron chi connectivity index (χ4n) is 3.57. The van der Waals surface area contributed by atoms with Crippen LogP contribution in [0.3, 0.4) is 0 Å². The van der Waals surface area contributed by atoms with Crippen LogP contribution < -0.4 is 0 Å². The van der Waals surface area contributed by atoms with Gasteiger partial charge in [0.25, 0.3) is 5.91 Å². The molecule has 0 atom stereocenters. The molecule has 2 aromatic rings. The number of hydrogen-bond acceptors (Lipinski definition) is 2. The third-order valence-corrected chi connectivity index (χ3v) is 5.01. The Bertz CT molecular complexity index is 710. The van der Waals surface area contributed by atoms with E-state index in [4.69, 9.17) is 0 Å². The van der Waals surface area contributed by atoms with Gasteiger partial charge in [-0.05, 0) is 45.9 Å². The van der Waals surface area contributed by atoms with Crippen LogP contribution in [0.25, 0.3) is 5.69 Å². The first-order valence-corrected chi connectivity index (χ1v) is 8.76. The number of benzene rings is 1. The van der Waals surface area contributed by atoms with Crippen LogP contribution in [0.1, 0.15) is 35.6 Å². The van der Waals surface area contributed by atoms with E-state index >= 15 is 0 Å². The van der Waals surface area contributed by atoms with Crippen molar-refractivity contribution >= 4 is 5.91 Å². The highest BCUT2D eigenvalue weighted by atomic mass is 16.2. The summed E-state index contributed by atoms with van der Waals surface area (Å²) in [6.07, 6.45) is 0. The number of carbonyl (C=O) groups excluding carboxylic acids is 1. The third kappa shape index (κ3) is 3.11. The van der Waals surface area contributed by atoms with Gasteiger partial charge in [0.05, 0.1) is 5.56 Å². The number of aryl methyl sites for hydroxylation is 1. The standard InChI is InChI=1S/C20H27N3O/c1-15(2)21-10-12-22(13-11-21)20(24)19-14-16(3)23(17(19)4)18-8-6-5-7-9-18/h5-9,14-15H,10-13H2,1-4H3. The monoisotopic (exact) mass is 325 g/mol. The van der Waals surface area contributed by atoms with Crippen LogP contribution in [0.15, 0.2) is 36.4 Å². The van der Waals surface area contributed by atoms with Crippen LogP contribution in [-0.4, -0.2) is 52.5 Å². The molecular weight excluding hydrogens is 298 g/mol. The molecule has 128 valence electrons. The van der Waals surface area contributed by atoms with Crippen LogP contribution >= 0.6 is 0 Å². The summed E-state index contributed by atoms with van der Waals surface area (Å²) in [6.45, 7) is 12.1. The molecule has 4 nitrogen and oxygen atoms in total. The number of hydrogen-bond donors (Lipinski definition) is 0. The zero-order valence-electron chi connectivity index (χ0n) is 15.1. The molecule has 0 unspecified atom stereocenters. The van der Waals surface area contributed by atoms with Gasteiger partial charge in [-0.1, -0.05) is 18.2 Å². The van der Waals surface area contributed by atoms with Crippen molar-refractivity contribution in [3.8, 4) is 5.69 Å². The van der Waals surface area contributed by atoms with Crippen molar-refractivity contribution in [3.63, 3.8) is 0 Å². The molecule has 2 heterocycles. The van der Waals surface area contributed by atoms with Gasteiger partial charge in [0.15, 0.2) is 0 Å². The predicted molar refractivity (Wildman–Crippen MR) is 97.9 cm³/mol. The van der Waals surface area contributed by atoms with E-state index in [1.807, 2.05) is 36.1 Å². The minimum absolute atomic E-state index is 0.161. The van der Waals surface area contributed by atoms with Crippen molar-refractivity contribution in [3.05, 3.63) is 53.3 Å². The van der Waals surface area contributed by atoms with Crippen molar-refractivity contribution in [2.45, 2.75) is 33.7 Å². The lowest BCUT2D eigenvalue weighted by atomic mass is 10.2. The summed E-state index contributed by atoms with van der Waals surface area (Å²) in [4.78, 5) is 17.4. The van der Waals surface area contributed by atoms with Gasteiger partial charge in [-0.2, -0.15) is 0 Å². The van der Waals surface area contributed by atoms with Gasteiger partial charge in [0.2, 0.25) is 0 Å². The number of aromatic nitrogens is 1. The molecule has 1 aliphatic rings. The number of para-hydroxylation sites is 1. The molecule has 0 bridgehead atoms. The van der Waals surface area contributed by atoms with Crippen LogP contribution in [0.2, 0.25) is 0 Å². The van der Waals surface area contributed by atoms with E-state index in [2.05, 4.69) is 42.4 Å². The smallest absolute Gasteiger partial charge is 0.255 e. The molecule has 1 aromatic carbocycles. The molecule has 0 spiro atoms. The van der Waals surface area contributed by atoms with Crippen molar-refractivity contribution in [2.75, 3.05) is 26.2 Å². The summed E-state index contributed by atoms with van der Waals surface area (Å²) in [5.74, 6) is 0.161. The Morgan fingerprint density at radius 2 is 1.62 bits per heavy atom. The van der Waals surface area contributed by atoms with Gasteiger partial charge in [0, 0.05) is 49.3 Å². The second-order valence-corrected chi connectivity index (χ2v) is 6.88. The van der Waals surface area contributed by atoms with Gasteiger partial charge >= 0.3 is 0 Å². The van der Waals surface area contributed by atoms with E-state index in [0.717, 1.165) is 48.8 Å². The normalized spacial score (nSPS) is 16.0. The first-order chi connectivity index (χ1) is 11.5. The Labute approximate surface area is 144 Å². The highest BCUT2D eigenvalue weighted by molar-refractivity contribution is 5.96. The van der Waals surface area contributed by atoms with Crippen LogP contribution in [0, 0.1) is 13.8 Å². The molecule has 0 N–H and O–H groups in total. The van der Waals surface area contributed by atoms with E-state index < -0.39 is 0 Å². The fourth-order valence-corrected chi connectivity index (χ4v) is 3.57. The lowest BCUT2D eigenvalue weighted by Gasteiger charge is -2.37. The lowest BCUT2D eigenvalue weighted by Crippen LogP contribution is -2.50. The van der Waals surface area contributed by atoms with E-state index in [-0.39, 0.29) is 5.91 Å². The quantitative estimate of drug-likeness (QED) is 0.866. The fraction of sp³-hybridized carbons (Fsp3) is 0.450. The summed E-state index contributed by atoms with van der Waals surface area (Å²) in [5.41, 5.74) is 4.06. The predicted octanol–water partition coefficient (Wildman–Crippen LogP) is 3.26. The van der Waals surface area contributed by atoms with E-state index in [1.54, 1.807) is 0 Å². The molecule has 1 aromatic heterocycles. The summed E-state index contributed by atoms with van der Waals surface area (Å²) in [7, 11) is 0. The van der Waals surface area contributed by atoms with Crippen molar-refractivity contribution in [1.82, 2.24) is 14.4 Å².